The minimum absolute atomic E-state index is 0.00212. The Morgan fingerprint density at radius 2 is 1.77 bits per heavy atom. The van der Waals surface area contributed by atoms with Gasteiger partial charge in [0.05, 0.1) is 17.3 Å². The number of phenolic OH excluding ortho intramolecular Hbond substituents is 1. The van der Waals surface area contributed by atoms with Gasteiger partial charge in [-0.05, 0) is 41.0 Å². The highest BCUT2D eigenvalue weighted by atomic mass is 32.2. The number of amides is 1. The molecular formula is C33H31F2N7O4S. The number of nitrogens with zero attached hydrogens (tertiary/aromatic N) is 6. The summed E-state index contributed by atoms with van der Waals surface area (Å²) in [6.07, 6.45) is 4.07. The second kappa shape index (κ2) is 13.0. The molecule has 0 aliphatic carbocycles. The van der Waals surface area contributed by atoms with Crippen molar-refractivity contribution in [2.75, 3.05) is 24.5 Å². The molecule has 3 heterocycles. The largest absolute Gasteiger partial charge is 0.508 e. The SMILES string of the molecule is CCC(F)(F)c1ccc(CNC(=O)[C@H]2CN(c3cnc4cncnc4n3)CCN2S(=O)(=O)c2ccc(-c3cccc(O)c3)cc2)cc1. The average Bonchev–Trinajstić information content (AvgIpc) is 3.10. The molecule has 242 valence electrons. The van der Waals surface area contributed by atoms with Gasteiger partial charge in [0, 0.05) is 38.2 Å². The van der Waals surface area contributed by atoms with E-state index in [4.69, 9.17) is 0 Å². The molecule has 5 aromatic rings. The zero-order chi connectivity index (χ0) is 33.2. The minimum Gasteiger partial charge on any atom is -0.508 e. The van der Waals surface area contributed by atoms with E-state index in [9.17, 15) is 27.1 Å². The van der Waals surface area contributed by atoms with Gasteiger partial charge < -0.3 is 15.3 Å². The number of rotatable bonds is 9. The molecule has 11 nitrogen and oxygen atoms in total. The van der Waals surface area contributed by atoms with E-state index in [0.29, 0.717) is 33.7 Å². The lowest BCUT2D eigenvalue weighted by atomic mass is 10.0. The van der Waals surface area contributed by atoms with Crippen LogP contribution in [0, 0.1) is 0 Å². The van der Waals surface area contributed by atoms with Crippen molar-refractivity contribution in [3.05, 3.63) is 103 Å². The van der Waals surface area contributed by atoms with Crippen molar-refractivity contribution in [1.29, 1.82) is 0 Å². The van der Waals surface area contributed by atoms with Crippen LogP contribution >= 0.6 is 0 Å². The van der Waals surface area contributed by atoms with Gasteiger partial charge in [-0.3, -0.25) is 4.79 Å². The second-order valence-electron chi connectivity index (χ2n) is 11.1. The maximum atomic E-state index is 14.1. The Morgan fingerprint density at radius 3 is 2.49 bits per heavy atom. The zero-order valence-electron chi connectivity index (χ0n) is 25.3. The Bertz CT molecular complexity index is 2010. The molecule has 0 bridgehead atoms. The van der Waals surface area contributed by atoms with Crippen LogP contribution in [0.2, 0.25) is 0 Å². The predicted octanol–water partition coefficient (Wildman–Crippen LogP) is 4.49. The summed E-state index contributed by atoms with van der Waals surface area (Å²) in [5.74, 6) is -3.01. The number of nitrogens with one attached hydrogen (secondary N) is 1. The first-order chi connectivity index (χ1) is 22.5. The lowest BCUT2D eigenvalue weighted by Gasteiger charge is -2.40. The first-order valence-corrected chi connectivity index (χ1v) is 16.3. The number of piperazine rings is 1. The number of benzene rings is 3. The van der Waals surface area contributed by atoms with Crippen molar-refractivity contribution in [1.82, 2.24) is 29.6 Å². The third-order valence-electron chi connectivity index (χ3n) is 8.10. The fourth-order valence-electron chi connectivity index (χ4n) is 5.40. The van der Waals surface area contributed by atoms with E-state index in [2.05, 4.69) is 25.3 Å². The van der Waals surface area contributed by atoms with E-state index >= 15 is 0 Å². The van der Waals surface area contributed by atoms with E-state index in [0.717, 1.165) is 0 Å². The van der Waals surface area contributed by atoms with Gasteiger partial charge in [0.2, 0.25) is 15.9 Å². The van der Waals surface area contributed by atoms with Crippen LogP contribution in [0.25, 0.3) is 22.3 Å². The number of hydrogen-bond acceptors (Lipinski definition) is 9. The van der Waals surface area contributed by atoms with E-state index in [-0.39, 0.29) is 48.8 Å². The number of carbonyl (C=O) groups excluding carboxylic acids is 1. The molecule has 1 saturated heterocycles. The monoisotopic (exact) mass is 659 g/mol. The van der Waals surface area contributed by atoms with Crippen LogP contribution in [0.4, 0.5) is 14.6 Å². The van der Waals surface area contributed by atoms with Gasteiger partial charge in [-0.1, -0.05) is 55.5 Å². The first-order valence-electron chi connectivity index (χ1n) is 14.9. The Kier molecular flexibility index (Phi) is 8.80. The van der Waals surface area contributed by atoms with Crippen molar-refractivity contribution in [3.63, 3.8) is 0 Å². The predicted molar refractivity (Wildman–Crippen MR) is 171 cm³/mol. The minimum atomic E-state index is -4.16. The maximum Gasteiger partial charge on any atom is 0.273 e. The average molecular weight is 660 g/mol. The van der Waals surface area contributed by atoms with E-state index < -0.39 is 27.9 Å². The third kappa shape index (κ3) is 6.74. The van der Waals surface area contributed by atoms with Crippen LogP contribution in [0.1, 0.15) is 24.5 Å². The Morgan fingerprint density at radius 1 is 1.00 bits per heavy atom. The summed E-state index contributed by atoms with van der Waals surface area (Å²) in [7, 11) is -4.16. The molecule has 1 aliphatic heterocycles. The van der Waals surface area contributed by atoms with Gasteiger partial charge in [0.25, 0.3) is 5.92 Å². The van der Waals surface area contributed by atoms with E-state index in [1.54, 1.807) is 41.3 Å². The zero-order valence-corrected chi connectivity index (χ0v) is 26.1. The second-order valence-corrected chi connectivity index (χ2v) is 13.0. The maximum absolute atomic E-state index is 14.1. The molecule has 1 aliphatic rings. The molecule has 14 heteroatoms. The highest BCUT2D eigenvalue weighted by Crippen LogP contribution is 2.31. The number of sulfonamides is 1. The molecule has 0 saturated carbocycles. The van der Waals surface area contributed by atoms with Crippen LogP contribution in [0.15, 0.2) is 96.4 Å². The van der Waals surface area contributed by atoms with Gasteiger partial charge in [0.15, 0.2) is 5.65 Å². The number of halogens is 2. The first kappa shape index (κ1) is 31.9. The molecule has 1 fully saturated rings. The summed E-state index contributed by atoms with van der Waals surface area (Å²) in [6, 6.07) is 17.4. The number of aromatic hydroxyl groups is 1. The smallest absolute Gasteiger partial charge is 0.273 e. The molecule has 2 N–H and O–H groups in total. The van der Waals surface area contributed by atoms with Crippen LogP contribution in [-0.4, -0.2) is 69.3 Å². The molecule has 6 rings (SSSR count). The number of hydrogen-bond donors (Lipinski definition) is 2. The van der Waals surface area contributed by atoms with Gasteiger partial charge in [0.1, 0.15) is 29.5 Å². The molecule has 2 aromatic heterocycles. The highest BCUT2D eigenvalue weighted by Gasteiger charge is 2.40. The van der Waals surface area contributed by atoms with Crippen molar-refractivity contribution in [3.8, 4) is 16.9 Å². The number of phenols is 1. The van der Waals surface area contributed by atoms with Crippen molar-refractivity contribution in [2.24, 2.45) is 0 Å². The molecular weight excluding hydrogens is 628 g/mol. The summed E-state index contributed by atoms with van der Waals surface area (Å²) in [5, 5.41) is 12.6. The molecule has 1 atom stereocenters. The molecule has 3 aromatic carbocycles. The molecule has 0 spiro atoms. The van der Waals surface area contributed by atoms with Gasteiger partial charge in [-0.25, -0.2) is 37.1 Å². The summed E-state index contributed by atoms with van der Waals surface area (Å²) < 4.78 is 57.4. The van der Waals surface area contributed by atoms with Crippen molar-refractivity contribution in [2.45, 2.75) is 36.7 Å². The van der Waals surface area contributed by atoms with Crippen molar-refractivity contribution >= 4 is 32.9 Å². The van der Waals surface area contributed by atoms with Crippen LogP contribution in [-0.2, 0) is 27.3 Å². The molecule has 47 heavy (non-hydrogen) atoms. The number of carbonyl (C=O) groups is 1. The van der Waals surface area contributed by atoms with Crippen LogP contribution in [0.3, 0.4) is 0 Å². The molecule has 0 radical (unpaired) electrons. The Labute approximate surface area is 270 Å². The van der Waals surface area contributed by atoms with Crippen LogP contribution in [0.5, 0.6) is 5.75 Å². The van der Waals surface area contributed by atoms with Crippen molar-refractivity contribution < 1.29 is 27.1 Å². The van der Waals surface area contributed by atoms with Crippen LogP contribution < -0.4 is 10.2 Å². The Balaban J connectivity index is 1.26. The number of aromatic nitrogens is 4. The normalized spacial score (nSPS) is 15.9. The summed E-state index contributed by atoms with van der Waals surface area (Å²) in [4.78, 5) is 32.5. The summed E-state index contributed by atoms with van der Waals surface area (Å²) in [5.41, 5.74) is 2.74. The lowest BCUT2D eigenvalue weighted by molar-refractivity contribution is -0.125. The summed E-state index contributed by atoms with van der Waals surface area (Å²) in [6.45, 7) is 1.58. The number of anilines is 1. The molecule has 0 unspecified atom stereocenters. The highest BCUT2D eigenvalue weighted by molar-refractivity contribution is 7.89. The fourth-order valence-corrected chi connectivity index (χ4v) is 6.97. The van der Waals surface area contributed by atoms with Gasteiger partial charge >= 0.3 is 0 Å². The van der Waals surface area contributed by atoms with E-state index in [1.807, 2.05) is 0 Å². The third-order valence-corrected chi connectivity index (χ3v) is 10.0. The summed E-state index contributed by atoms with van der Waals surface area (Å²) >= 11 is 0. The lowest BCUT2D eigenvalue weighted by Crippen LogP contribution is -2.60. The van der Waals surface area contributed by atoms with Gasteiger partial charge in [-0.2, -0.15) is 4.31 Å². The fraction of sp³-hybridized carbons (Fsp3) is 0.242. The topological polar surface area (TPSA) is 142 Å². The van der Waals surface area contributed by atoms with Gasteiger partial charge in [-0.15, -0.1) is 0 Å². The number of fused-ring (bicyclic) bond motifs is 1. The quantitative estimate of drug-likeness (QED) is 0.234. The number of alkyl halides is 2. The standard InChI is InChI=1S/C33H31F2N7O4S/c1-2-33(34,35)25-10-6-22(7-11-25)17-38-32(44)29-20-41(30-19-37-28-18-36-21-39-31(28)40-30)14-15-42(29)47(45,46)27-12-8-23(9-13-27)24-4-3-5-26(43)16-24/h3-13,16,18-19,21,29,43H,2,14-15,17,20H2,1H3,(H,38,44)/t29-/m1/s1. The molecule has 1 amide bonds. The Hall–Kier alpha value is -5.08. The van der Waals surface area contributed by atoms with E-state index in [1.165, 1.54) is 66.3 Å².